The molecule has 158 valence electrons. The van der Waals surface area contributed by atoms with Crippen molar-refractivity contribution in [3.63, 3.8) is 0 Å². The van der Waals surface area contributed by atoms with Gasteiger partial charge in [0.2, 0.25) is 17.5 Å². The molecule has 1 aromatic heterocycles. The summed E-state index contributed by atoms with van der Waals surface area (Å²) in [6.45, 7) is 1.82. The molecule has 8 nitrogen and oxygen atoms in total. The van der Waals surface area contributed by atoms with Crippen LogP contribution >= 0.6 is 11.6 Å². The van der Waals surface area contributed by atoms with Crippen LogP contribution in [0.5, 0.6) is 23.1 Å². The highest BCUT2D eigenvalue weighted by Gasteiger charge is 2.37. The lowest BCUT2D eigenvalue weighted by Gasteiger charge is -2.25. The third-order valence-corrected chi connectivity index (χ3v) is 5.36. The fourth-order valence-electron chi connectivity index (χ4n) is 3.71. The molecule has 4 rings (SSSR count). The number of phenols is 1. The summed E-state index contributed by atoms with van der Waals surface area (Å²) in [4.78, 5) is 0. The van der Waals surface area contributed by atoms with Crippen LogP contribution in [-0.4, -0.2) is 29.1 Å². The number of halogens is 1. The number of hydrogen-bond acceptors (Lipinski definition) is 7. The van der Waals surface area contributed by atoms with Crippen LogP contribution in [0.25, 0.3) is 5.69 Å². The number of aromatic nitrogens is 2. The number of ether oxygens (including phenoxy) is 3. The molecule has 9 heteroatoms. The van der Waals surface area contributed by atoms with Gasteiger partial charge in [0, 0.05) is 5.02 Å². The Balaban J connectivity index is 1.98. The molecule has 3 aromatic rings. The largest absolute Gasteiger partial charge is 0.502 e. The van der Waals surface area contributed by atoms with Crippen LogP contribution in [-0.2, 0) is 0 Å². The van der Waals surface area contributed by atoms with E-state index < -0.39 is 5.92 Å². The molecule has 0 fully saturated rings. The minimum Gasteiger partial charge on any atom is -0.502 e. The first kappa shape index (κ1) is 20.4. The molecule has 0 saturated heterocycles. The summed E-state index contributed by atoms with van der Waals surface area (Å²) in [7, 11) is 2.87. The van der Waals surface area contributed by atoms with Crippen molar-refractivity contribution in [1.29, 1.82) is 5.26 Å². The van der Waals surface area contributed by atoms with E-state index in [9.17, 15) is 10.4 Å². The van der Waals surface area contributed by atoms with Crippen LogP contribution in [0.4, 0.5) is 0 Å². The van der Waals surface area contributed by atoms with E-state index in [1.807, 2.05) is 13.0 Å². The summed E-state index contributed by atoms with van der Waals surface area (Å²) in [5, 5.41) is 25.3. The van der Waals surface area contributed by atoms with Gasteiger partial charge in [-0.2, -0.15) is 10.4 Å². The molecular weight excluding hydrogens is 420 g/mol. The van der Waals surface area contributed by atoms with Crippen molar-refractivity contribution in [3.8, 4) is 34.9 Å². The van der Waals surface area contributed by atoms with E-state index in [2.05, 4.69) is 11.2 Å². The van der Waals surface area contributed by atoms with Gasteiger partial charge in [0.1, 0.15) is 11.6 Å². The number of nitrogens with zero attached hydrogens (tertiary/aromatic N) is 3. The number of hydrogen-bond donors (Lipinski definition) is 2. The van der Waals surface area contributed by atoms with Gasteiger partial charge < -0.3 is 25.1 Å². The maximum Gasteiger partial charge on any atom is 0.229 e. The Hall–Kier alpha value is -3.83. The molecule has 0 saturated carbocycles. The second-order valence-corrected chi connectivity index (χ2v) is 7.33. The van der Waals surface area contributed by atoms with Gasteiger partial charge >= 0.3 is 0 Å². The van der Waals surface area contributed by atoms with Crippen molar-refractivity contribution in [2.24, 2.45) is 5.73 Å². The maximum absolute atomic E-state index is 10.3. The molecule has 0 aliphatic carbocycles. The summed E-state index contributed by atoms with van der Waals surface area (Å²) in [6, 6.07) is 12.6. The van der Waals surface area contributed by atoms with Gasteiger partial charge in [-0.15, -0.1) is 0 Å². The Kier molecular flexibility index (Phi) is 5.13. The molecule has 31 heavy (non-hydrogen) atoms. The first-order valence-electron chi connectivity index (χ1n) is 9.27. The van der Waals surface area contributed by atoms with Gasteiger partial charge in [0.25, 0.3) is 0 Å². The highest BCUT2D eigenvalue weighted by atomic mass is 35.5. The molecule has 0 amide bonds. The molecule has 3 N–H and O–H groups in total. The minimum atomic E-state index is -0.606. The van der Waals surface area contributed by atoms with Crippen molar-refractivity contribution in [1.82, 2.24) is 9.78 Å². The van der Waals surface area contributed by atoms with Crippen LogP contribution < -0.4 is 19.9 Å². The Morgan fingerprint density at radius 2 is 1.90 bits per heavy atom. The molecule has 1 aliphatic heterocycles. The number of nitrogens with two attached hydrogens (primary N) is 1. The third-order valence-electron chi connectivity index (χ3n) is 5.12. The van der Waals surface area contributed by atoms with E-state index in [0.29, 0.717) is 33.4 Å². The predicted molar refractivity (Wildman–Crippen MR) is 114 cm³/mol. The number of benzene rings is 2. The van der Waals surface area contributed by atoms with Gasteiger partial charge in [-0.05, 0) is 42.8 Å². The lowest BCUT2D eigenvalue weighted by Crippen LogP contribution is -2.22. The van der Waals surface area contributed by atoms with E-state index in [-0.39, 0.29) is 28.7 Å². The van der Waals surface area contributed by atoms with Crippen molar-refractivity contribution in [2.45, 2.75) is 12.8 Å². The molecule has 2 aromatic carbocycles. The van der Waals surface area contributed by atoms with Gasteiger partial charge in [-0.25, -0.2) is 4.68 Å². The Morgan fingerprint density at radius 1 is 1.23 bits per heavy atom. The molecule has 1 aliphatic rings. The second kappa shape index (κ2) is 7.78. The fraction of sp³-hybridized carbons (Fsp3) is 0.182. The minimum absolute atomic E-state index is 0.0332. The summed E-state index contributed by atoms with van der Waals surface area (Å²) >= 11 is 6.15. The van der Waals surface area contributed by atoms with Crippen molar-refractivity contribution >= 4 is 11.6 Å². The molecule has 0 unspecified atom stereocenters. The quantitative estimate of drug-likeness (QED) is 0.636. The van der Waals surface area contributed by atoms with E-state index in [4.69, 9.17) is 31.5 Å². The van der Waals surface area contributed by atoms with Crippen LogP contribution in [0.2, 0.25) is 5.02 Å². The van der Waals surface area contributed by atoms with Crippen LogP contribution in [0, 0.1) is 18.3 Å². The zero-order valence-corrected chi connectivity index (χ0v) is 17.8. The number of aryl methyl sites for hydroxylation is 1. The van der Waals surface area contributed by atoms with Crippen molar-refractivity contribution in [3.05, 3.63) is 69.7 Å². The number of allylic oxidation sites excluding steroid dienone is 1. The van der Waals surface area contributed by atoms with Gasteiger partial charge in [-0.1, -0.05) is 17.7 Å². The molecule has 0 bridgehead atoms. The highest BCUT2D eigenvalue weighted by molar-refractivity contribution is 6.30. The Labute approximate surface area is 183 Å². The number of phenolic OH excluding ortho intramolecular Hbond substituents is 1. The topological polar surface area (TPSA) is 116 Å². The monoisotopic (exact) mass is 438 g/mol. The SMILES string of the molecule is COc1cc([C@H]2C(C#N)=C(N)Oc3c2c(C)nn3-c2cccc(Cl)c2)cc(OC)c1O. The zero-order chi connectivity index (χ0) is 22.3. The molecule has 1 atom stereocenters. The van der Waals surface area contributed by atoms with Gasteiger partial charge in [0.15, 0.2) is 11.5 Å². The summed E-state index contributed by atoms with van der Waals surface area (Å²) in [5.74, 6) is 0.0191. The third kappa shape index (κ3) is 3.29. The lowest BCUT2D eigenvalue weighted by molar-refractivity contribution is 0.338. The maximum atomic E-state index is 10.3. The Bertz CT molecular complexity index is 1230. The molecule has 0 radical (unpaired) electrons. The average molecular weight is 439 g/mol. The number of nitriles is 1. The first-order valence-corrected chi connectivity index (χ1v) is 9.65. The van der Waals surface area contributed by atoms with Gasteiger partial charge in [0.05, 0.1) is 37.1 Å². The van der Waals surface area contributed by atoms with E-state index in [0.717, 1.165) is 0 Å². The highest BCUT2D eigenvalue weighted by Crippen LogP contribution is 2.48. The molecule has 0 spiro atoms. The van der Waals surface area contributed by atoms with Gasteiger partial charge in [-0.3, -0.25) is 0 Å². The van der Waals surface area contributed by atoms with E-state index in [1.54, 1.807) is 35.0 Å². The smallest absolute Gasteiger partial charge is 0.229 e. The zero-order valence-electron chi connectivity index (χ0n) is 17.0. The summed E-state index contributed by atoms with van der Waals surface area (Å²) < 4.78 is 18.0. The standard InChI is InChI=1S/C22H19ClN4O4/c1-11-18-19(12-7-16(29-2)20(28)17(8-12)30-3)15(10-24)21(25)31-22(18)27(26-11)14-6-4-5-13(23)9-14/h4-9,19,28H,25H2,1-3H3/t19-/m0/s1. The Morgan fingerprint density at radius 3 is 2.48 bits per heavy atom. The molecular formula is C22H19ClN4O4. The van der Waals surface area contributed by atoms with Crippen molar-refractivity contribution < 1.29 is 19.3 Å². The van der Waals surface area contributed by atoms with E-state index in [1.165, 1.54) is 14.2 Å². The van der Waals surface area contributed by atoms with Crippen molar-refractivity contribution in [2.75, 3.05) is 14.2 Å². The number of aromatic hydroxyl groups is 1. The van der Waals surface area contributed by atoms with Crippen LogP contribution in [0.15, 0.2) is 47.9 Å². The lowest BCUT2D eigenvalue weighted by atomic mass is 9.84. The summed E-state index contributed by atoms with van der Waals surface area (Å²) in [5.41, 5.74) is 8.99. The average Bonchev–Trinajstić information content (AvgIpc) is 3.08. The number of fused-ring (bicyclic) bond motifs is 1. The van der Waals surface area contributed by atoms with Crippen LogP contribution in [0.1, 0.15) is 22.7 Å². The first-order chi connectivity index (χ1) is 14.9. The fourth-order valence-corrected chi connectivity index (χ4v) is 3.90. The molecule has 2 heterocycles. The number of rotatable bonds is 4. The van der Waals surface area contributed by atoms with E-state index >= 15 is 0 Å². The normalized spacial score (nSPS) is 15.1. The number of methoxy groups -OCH3 is 2. The second-order valence-electron chi connectivity index (χ2n) is 6.89. The summed E-state index contributed by atoms with van der Waals surface area (Å²) in [6.07, 6.45) is 0. The predicted octanol–water partition coefficient (Wildman–Crippen LogP) is 3.78. The van der Waals surface area contributed by atoms with Crippen LogP contribution in [0.3, 0.4) is 0 Å².